The number of rotatable bonds is 3. The first-order valence-electron chi connectivity index (χ1n) is 8.64. The van der Waals surface area contributed by atoms with E-state index in [0.29, 0.717) is 24.5 Å². The van der Waals surface area contributed by atoms with Crippen molar-refractivity contribution in [3.05, 3.63) is 24.3 Å². The second kappa shape index (κ2) is 7.68. The van der Waals surface area contributed by atoms with Gasteiger partial charge in [-0.3, -0.25) is 14.4 Å². The van der Waals surface area contributed by atoms with Crippen molar-refractivity contribution in [3.8, 4) is 0 Å². The summed E-state index contributed by atoms with van der Waals surface area (Å²) in [7, 11) is 0. The Balaban J connectivity index is 2.00. The zero-order chi connectivity index (χ0) is 18.6. The number of likely N-dealkylation sites (tertiary alicyclic amines) is 1. The standard InChI is InChI=1S/C19H27N3O3/c1-13(23)22-10-6-7-14(12-22)17(24)20-15-8-5-9-16(11-15)21-18(25)19(2,3)4/h5,8-9,11,14H,6-7,10,12H2,1-4H3,(H,20,24)(H,21,25)/t14-/m1/s1. The molecular formula is C19H27N3O3. The van der Waals surface area contributed by atoms with E-state index in [0.717, 1.165) is 12.8 Å². The van der Waals surface area contributed by atoms with Crippen molar-refractivity contribution >= 4 is 29.1 Å². The van der Waals surface area contributed by atoms with Crippen LogP contribution in [0.4, 0.5) is 11.4 Å². The average Bonchev–Trinajstić information content (AvgIpc) is 2.54. The number of carbonyl (C=O) groups excluding carboxylic acids is 3. The highest BCUT2D eigenvalue weighted by Crippen LogP contribution is 2.22. The fraction of sp³-hybridized carbons (Fsp3) is 0.526. The van der Waals surface area contributed by atoms with Gasteiger partial charge >= 0.3 is 0 Å². The summed E-state index contributed by atoms with van der Waals surface area (Å²) >= 11 is 0. The maximum Gasteiger partial charge on any atom is 0.229 e. The smallest absolute Gasteiger partial charge is 0.229 e. The zero-order valence-electron chi connectivity index (χ0n) is 15.4. The molecule has 1 aliphatic rings. The van der Waals surface area contributed by atoms with Crippen LogP contribution < -0.4 is 10.6 Å². The van der Waals surface area contributed by atoms with Crippen molar-refractivity contribution < 1.29 is 14.4 Å². The second-order valence-electron chi connectivity index (χ2n) is 7.58. The van der Waals surface area contributed by atoms with Crippen LogP contribution in [0.25, 0.3) is 0 Å². The maximum atomic E-state index is 12.5. The molecule has 0 saturated carbocycles. The van der Waals surface area contributed by atoms with Crippen LogP contribution in [0, 0.1) is 11.3 Å². The van der Waals surface area contributed by atoms with Crippen molar-refractivity contribution in [2.75, 3.05) is 23.7 Å². The molecule has 25 heavy (non-hydrogen) atoms. The van der Waals surface area contributed by atoms with Gasteiger partial charge in [-0.05, 0) is 31.0 Å². The Morgan fingerprint density at radius 1 is 1.12 bits per heavy atom. The van der Waals surface area contributed by atoms with Gasteiger partial charge in [0.15, 0.2) is 0 Å². The maximum absolute atomic E-state index is 12.5. The van der Waals surface area contributed by atoms with Crippen LogP contribution in [0.3, 0.4) is 0 Å². The molecule has 0 radical (unpaired) electrons. The minimum Gasteiger partial charge on any atom is -0.342 e. The summed E-state index contributed by atoms with van der Waals surface area (Å²) in [5.74, 6) is -0.375. The highest BCUT2D eigenvalue weighted by atomic mass is 16.2. The van der Waals surface area contributed by atoms with Gasteiger partial charge < -0.3 is 15.5 Å². The molecule has 0 aliphatic carbocycles. The van der Waals surface area contributed by atoms with Crippen LogP contribution >= 0.6 is 0 Å². The highest BCUT2D eigenvalue weighted by Gasteiger charge is 2.27. The average molecular weight is 345 g/mol. The summed E-state index contributed by atoms with van der Waals surface area (Å²) in [6.07, 6.45) is 1.61. The Hall–Kier alpha value is -2.37. The van der Waals surface area contributed by atoms with E-state index in [1.54, 1.807) is 29.2 Å². The fourth-order valence-corrected chi connectivity index (χ4v) is 2.71. The number of amides is 3. The van der Waals surface area contributed by atoms with E-state index in [1.807, 2.05) is 20.8 Å². The monoisotopic (exact) mass is 345 g/mol. The number of hydrogen-bond acceptors (Lipinski definition) is 3. The first-order valence-corrected chi connectivity index (χ1v) is 8.64. The van der Waals surface area contributed by atoms with E-state index in [1.165, 1.54) is 6.92 Å². The molecule has 0 unspecified atom stereocenters. The Morgan fingerprint density at radius 2 is 1.76 bits per heavy atom. The molecule has 0 bridgehead atoms. The van der Waals surface area contributed by atoms with E-state index in [9.17, 15) is 14.4 Å². The summed E-state index contributed by atoms with van der Waals surface area (Å²) in [5.41, 5.74) is 0.792. The van der Waals surface area contributed by atoms with Crippen molar-refractivity contribution in [1.82, 2.24) is 4.90 Å². The quantitative estimate of drug-likeness (QED) is 0.884. The SMILES string of the molecule is CC(=O)N1CCC[C@@H](C(=O)Nc2cccc(NC(=O)C(C)(C)C)c2)C1. The molecule has 2 N–H and O–H groups in total. The van der Waals surface area contributed by atoms with Crippen molar-refractivity contribution in [2.45, 2.75) is 40.5 Å². The lowest BCUT2D eigenvalue weighted by Gasteiger charge is -2.31. The van der Waals surface area contributed by atoms with Crippen LogP contribution in [0.15, 0.2) is 24.3 Å². The molecule has 6 heteroatoms. The van der Waals surface area contributed by atoms with Crippen LogP contribution in [-0.4, -0.2) is 35.7 Å². The van der Waals surface area contributed by atoms with Gasteiger partial charge in [0, 0.05) is 36.8 Å². The van der Waals surface area contributed by atoms with Gasteiger partial charge in [-0.25, -0.2) is 0 Å². The molecule has 1 heterocycles. The van der Waals surface area contributed by atoms with Gasteiger partial charge in [0.1, 0.15) is 0 Å². The lowest BCUT2D eigenvalue weighted by molar-refractivity contribution is -0.132. The molecule has 2 rings (SSSR count). The molecule has 1 saturated heterocycles. The van der Waals surface area contributed by atoms with Crippen molar-refractivity contribution in [1.29, 1.82) is 0 Å². The van der Waals surface area contributed by atoms with Gasteiger partial charge in [-0.1, -0.05) is 26.8 Å². The number of piperidine rings is 1. The predicted octanol–water partition coefficient (Wildman–Crippen LogP) is 2.87. The molecule has 6 nitrogen and oxygen atoms in total. The van der Waals surface area contributed by atoms with Crippen LogP contribution in [0.5, 0.6) is 0 Å². The highest BCUT2D eigenvalue weighted by molar-refractivity contribution is 5.97. The summed E-state index contributed by atoms with van der Waals surface area (Å²) in [4.78, 5) is 37.8. The van der Waals surface area contributed by atoms with E-state index in [4.69, 9.17) is 0 Å². The predicted molar refractivity (Wildman–Crippen MR) is 98.1 cm³/mol. The van der Waals surface area contributed by atoms with Crippen LogP contribution in [0.1, 0.15) is 40.5 Å². The van der Waals surface area contributed by atoms with Gasteiger partial charge in [-0.15, -0.1) is 0 Å². The molecule has 1 aliphatic heterocycles. The first-order chi connectivity index (χ1) is 11.7. The number of benzene rings is 1. The van der Waals surface area contributed by atoms with Gasteiger partial charge in [-0.2, -0.15) is 0 Å². The van der Waals surface area contributed by atoms with Gasteiger partial charge in [0.2, 0.25) is 17.7 Å². The molecule has 1 aromatic rings. The topological polar surface area (TPSA) is 78.5 Å². The van der Waals surface area contributed by atoms with Crippen LogP contribution in [0.2, 0.25) is 0 Å². The Kier molecular flexibility index (Phi) is 5.82. The third-order valence-corrected chi connectivity index (χ3v) is 4.31. The molecule has 1 aromatic carbocycles. The number of nitrogens with zero attached hydrogens (tertiary/aromatic N) is 1. The third kappa shape index (κ3) is 5.31. The van der Waals surface area contributed by atoms with Crippen LogP contribution in [-0.2, 0) is 14.4 Å². The molecule has 0 aromatic heterocycles. The molecule has 1 atom stereocenters. The number of hydrogen-bond donors (Lipinski definition) is 2. The number of nitrogens with one attached hydrogen (secondary N) is 2. The lowest BCUT2D eigenvalue weighted by Crippen LogP contribution is -2.42. The van der Waals surface area contributed by atoms with E-state index >= 15 is 0 Å². The molecule has 3 amide bonds. The van der Waals surface area contributed by atoms with Gasteiger partial charge in [0.25, 0.3) is 0 Å². The lowest BCUT2D eigenvalue weighted by atomic mass is 9.95. The van der Waals surface area contributed by atoms with Crippen molar-refractivity contribution in [3.63, 3.8) is 0 Å². The molecule has 0 spiro atoms. The summed E-state index contributed by atoms with van der Waals surface area (Å²) in [5, 5.41) is 5.75. The Morgan fingerprint density at radius 3 is 2.36 bits per heavy atom. The molecular weight excluding hydrogens is 318 g/mol. The first kappa shape index (κ1) is 19.0. The minimum atomic E-state index is -0.489. The Labute approximate surface area is 149 Å². The zero-order valence-corrected chi connectivity index (χ0v) is 15.4. The second-order valence-corrected chi connectivity index (χ2v) is 7.58. The summed E-state index contributed by atoms with van der Waals surface area (Å²) < 4.78 is 0. The molecule has 1 fully saturated rings. The third-order valence-electron chi connectivity index (χ3n) is 4.31. The number of anilines is 2. The Bertz CT molecular complexity index is 664. The minimum absolute atomic E-state index is 0.00406. The van der Waals surface area contributed by atoms with Crippen molar-refractivity contribution in [2.24, 2.45) is 11.3 Å². The summed E-state index contributed by atoms with van der Waals surface area (Å²) in [6.45, 7) is 8.24. The summed E-state index contributed by atoms with van der Waals surface area (Å²) in [6, 6.07) is 7.11. The van der Waals surface area contributed by atoms with E-state index < -0.39 is 5.41 Å². The number of carbonyl (C=O) groups is 3. The van der Waals surface area contributed by atoms with Gasteiger partial charge in [0.05, 0.1) is 5.92 Å². The normalized spacial score (nSPS) is 17.8. The molecule has 136 valence electrons. The fourth-order valence-electron chi connectivity index (χ4n) is 2.71. The largest absolute Gasteiger partial charge is 0.342 e. The van der Waals surface area contributed by atoms with E-state index in [2.05, 4.69) is 10.6 Å². The van der Waals surface area contributed by atoms with E-state index in [-0.39, 0.29) is 23.6 Å².